The predicted molar refractivity (Wildman–Crippen MR) is 119 cm³/mol. The van der Waals surface area contributed by atoms with Crippen molar-refractivity contribution >= 4 is 27.9 Å². The fourth-order valence-electron chi connectivity index (χ4n) is 3.56. The van der Waals surface area contributed by atoms with E-state index in [0.717, 1.165) is 11.1 Å². The second-order valence-corrected chi connectivity index (χ2v) is 9.25. The van der Waals surface area contributed by atoms with Crippen LogP contribution in [0.3, 0.4) is 0 Å². The zero-order valence-corrected chi connectivity index (χ0v) is 18.2. The highest BCUT2D eigenvalue weighted by atomic mass is 32.2. The van der Waals surface area contributed by atoms with Gasteiger partial charge in [0.2, 0.25) is 21.8 Å². The summed E-state index contributed by atoms with van der Waals surface area (Å²) in [5.41, 5.74) is 1.76. The van der Waals surface area contributed by atoms with Gasteiger partial charge in [0.1, 0.15) is 0 Å². The highest BCUT2D eigenvalue weighted by molar-refractivity contribution is 7.89. The monoisotopic (exact) mass is 441 g/mol. The summed E-state index contributed by atoms with van der Waals surface area (Å²) in [6.45, 7) is 2.91. The zero-order valence-electron chi connectivity index (χ0n) is 17.4. The lowest BCUT2D eigenvalue weighted by Crippen LogP contribution is -2.43. The Kier molecular flexibility index (Phi) is 7.25. The molecule has 0 bridgehead atoms. The number of nitrogens with one attached hydrogen (secondary N) is 1. The highest BCUT2D eigenvalue weighted by Gasteiger charge is 2.27. The molecular weight excluding hydrogens is 414 g/mol. The van der Waals surface area contributed by atoms with Crippen LogP contribution >= 0.6 is 0 Å². The van der Waals surface area contributed by atoms with Crippen LogP contribution in [0, 0.1) is 5.92 Å². The number of sulfonamides is 1. The minimum Gasteiger partial charge on any atom is -0.349 e. The number of likely N-dealkylation sites (tertiary alicyclic amines) is 1. The number of carbonyl (C=O) groups excluding carboxylic acids is 2. The van der Waals surface area contributed by atoms with Crippen molar-refractivity contribution in [2.75, 3.05) is 13.1 Å². The van der Waals surface area contributed by atoms with E-state index in [0.29, 0.717) is 25.9 Å². The third kappa shape index (κ3) is 6.26. The fraction of sp³-hybridized carbons (Fsp3) is 0.304. The molecule has 1 heterocycles. The Morgan fingerprint density at radius 2 is 1.68 bits per heavy atom. The van der Waals surface area contributed by atoms with Crippen LogP contribution in [0.1, 0.15) is 36.9 Å². The van der Waals surface area contributed by atoms with Crippen molar-refractivity contribution in [2.45, 2.75) is 30.7 Å². The average Bonchev–Trinajstić information content (AvgIpc) is 2.77. The lowest BCUT2D eigenvalue weighted by atomic mass is 9.95. The number of carbonyl (C=O) groups is 2. The molecule has 7 nitrogen and oxygen atoms in total. The van der Waals surface area contributed by atoms with Crippen LogP contribution in [0.4, 0.5) is 0 Å². The van der Waals surface area contributed by atoms with Gasteiger partial charge in [-0.15, -0.1) is 0 Å². The summed E-state index contributed by atoms with van der Waals surface area (Å²) < 4.78 is 22.7. The maximum absolute atomic E-state index is 12.7. The lowest BCUT2D eigenvalue weighted by Gasteiger charge is -2.31. The lowest BCUT2D eigenvalue weighted by molar-refractivity contribution is -0.132. The molecule has 0 radical (unpaired) electrons. The first-order chi connectivity index (χ1) is 14.7. The molecule has 0 aliphatic carbocycles. The predicted octanol–water partition coefficient (Wildman–Crippen LogP) is 2.46. The first-order valence-corrected chi connectivity index (χ1v) is 11.7. The summed E-state index contributed by atoms with van der Waals surface area (Å²) in [7, 11) is -3.74. The van der Waals surface area contributed by atoms with Crippen molar-refractivity contribution < 1.29 is 18.0 Å². The van der Waals surface area contributed by atoms with E-state index >= 15 is 0 Å². The van der Waals surface area contributed by atoms with E-state index in [2.05, 4.69) is 5.32 Å². The van der Waals surface area contributed by atoms with Crippen LogP contribution < -0.4 is 10.5 Å². The van der Waals surface area contributed by atoms with Gasteiger partial charge in [0.25, 0.3) is 0 Å². The molecule has 3 N–H and O–H groups in total. The normalized spacial score (nSPS) is 16.3. The quantitative estimate of drug-likeness (QED) is 0.671. The van der Waals surface area contributed by atoms with Crippen LogP contribution in [0.2, 0.25) is 0 Å². The third-order valence-corrected chi connectivity index (χ3v) is 6.39. The van der Waals surface area contributed by atoms with Crippen LogP contribution in [0.25, 0.3) is 6.08 Å². The molecule has 1 unspecified atom stereocenters. The summed E-state index contributed by atoms with van der Waals surface area (Å²) in [5, 5.41) is 8.09. The number of nitrogens with two attached hydrogens (primary N) is 1. The van der Waals surface area contributed by atoms with Gasteiger partial charge < -0.3 is 10.2 Å². The van der Waals surface area contributed by atoms with Crippen LogP contribution in [-0.2, 0) is 19.6 Å². The molecule has 8 heteroatoms. The highest BCUT2D eigenvalue weighted by Crippen LogP contribution is 2.21. The van der Waals surface area contributed by atoms with E-state index in [1.54, 1.807) is 29.2 Å². The van der Waals surface area contributed by atoms with Gasteiger partial charge in [-0.1, -0.05) is 42.5 Å². The molecular formula is C23H27N3O4S. The molecule has 0 spiro atoms. The van der Waals surface area contributed by atoms with Crippen LogP contribution in [0.5, 0.6) is 0 Å². The molecule has 1 aliphatic rings. The Labute approximate surface area is 183 Å². The number of amides is 2. The number of rotatable bonds is 6. The topological polar surface area (TPSA) is 110 Å². The van der Waals surface area contributed by atoms with Crippen molar-refractivity contribution in [3.8, 4) is 0 Å². The Morgan fingerprint density at radius 3 is 2.26 bits per heavy atom. The number of hydrogen-bond donors (Lipinski definition) is 2. The molecule has 1 atom stereocenters. The third-order valence-electron chi connectivity index (χ3n) is 5.46. The molecule has 164 valence electrons. The molecule has 31 heavy (non-hydrogen) atoms. The van der Waals surface area contributed by atoms with Gasteiger partial charge in [0.15, 0.2) is 0 Å². The summed E-state index contributed by atoms with van der Waals surface area (Å²) in [4.78, 5) is 26.8. The Hall–Kier alpha value is -2.97. The van der Waals surface area contributed by atoms with Gasteiger partial charge >= 0.3 is 0 Å². The van der Waals surface area contributed by atoms with E-state index < -0.39 is 10.0 Å². The van der Waals surface area contributed by atoms with Gasteiger partial charge in [-0.05, 0) is 49.1 Å². The second kappa shape index (κ2) is 9.89. The van der Waals surface area contributed by atoms with Gasteiger partial charge in [-0.25, -0.2) is 13.6 Å². The summed E-state index contributed by atoms with van der Waals surface area (Å²) in [6, 6.07) is 15.5. The Morgan fingerprint density at radius 1 is 1.06 bits per heavy atom. The van der Waals surface area contributed by atoms with Crippen LogP contribution in [-0.4, -0.2) is 38.2 Å². The van der Waals surface area contributed by atoms with E-state index in [4.69, 9.17) is 5.14 Å². The maximum atomic E-state index is 12.7. The van der Waals surface area contributed by atoms with Crippen LogP contribution in [0.15, 0.2) is 65.6 Å². The Balaban J connectivity index is 1.49. The largest absolute Gasteiger partial charge is 0.349 e. The smallest absolute Gasteiger partial charge is 0.246 e. The second-order valence-electron chi connectivity index (χ2n) is 7.69. The van der Waals surface area contributed by atoms with Gasteiger partial charge in [-0.3, -0.25) is 9.59 Å². The van der Waals surface area contributed by atoms with E-state index in [-0.39, 0.29) is 28.7 Å². The standard InChI is InChI=1S/C23H27N3O4S/c1-17(19-8-10-21(11-9-19)31(24,29)30)25-23(28)20-13-15-26(16-14-20)22(27)12-7-18-5-3-2-4-6-18/h2-12,17,20H,13-16H2,1H3,(H,25,28)(H2,24,29,30)/b12-7+. The molecule has 2 aromatic carbocycles. The van der Waals surface area contributed by atoms with Crippen molar-refractivity contribution in [2.24, 2.45) is 11.1 Å². The SMILES string of the molecule is CC(NC(=O)C1CCN(C(=O)/C=C/c2ccccc2)CC1)c1ccc(S(N)(=O)=O)cc1. The van der Waals surface area contributed by atoms with Crippen molar-refractivity contribution in [1.82, 2.24) is 10.2 Å². The molecule has 1 fully saturated rings. The molecule has 2 aromatic rings. The number of hydrogen-bond acceptors (Lipinski definition) is 4. The van der Waals surface area contributed by atoms with E-state index in [1.165, 1.54) is 12.1 Å². The first kappa shape index (κ1) is 22.7. The molecule has 1 aliphatic heterocycles. The summed E-state index contributed by atoms with van der Waals surface area (Å²) >= 11 is 0. The number of nitrogens with zero attached hydrogens (tertiary/aromatic N) is 1. The number of benzene rings is 2. The number of primary sulfonamides is 1. The summed E-state index contributed by atoms with van der Waals surface area (Å²) in [5.74, 6) is -0.269. The van der Waals surface area contributed by atoms with E-state index in [9.17, 15) is 18.0 Å². The minimum absolute atomic E-state index is 0.0353. The van der Waals surface area contributed by atoms with Crippen molar-refractivity contribution in [1.29, 1.82) is 0 Å². The maximum Gasteiger partial charge on any atom is 0.246 e. The minimum atomic E-state index is -3.74. The molecule has 0 saturated carbocycles. The average molecular weight is 442 g/mol. The van der Waals surface area contributed by atoms with Crippen molar-refractivity contribution in [3.63, 3.8) is 0 Å². The zero-order chi connectivity index (χ0) is 22.4. The molecule has 1 saturated heterocycles. The van der Waals surface area contributed by atoms with E-state index in [1.807, 2.05) is 37.3 Å². The Bertz CT molecular complexity index is 1040. The molecule has 2 amide bonds. The van der Waals surface area contributed by atoms with Gasteiger partial charge in [0.05, 0.1) is 10.9 Å². The molecule has 0 aromatic heterocycles. The van der Waals surface area contributed by atoms with Gasteiger partial charge in [-0.2, -0.15) is 0 Å². The fourth-order valence-corrected chi connectivity index (χ4v) is 4.08. The number of piperidine rings is 1. The molecule has 3 rings (SSSR count). The van der Waals surface area contributed by atoms with Crippen molar-refractivity contribution in [3.05, 3.63) is 71.8 Å². The van der Waals surface area contributed by atoms with Gasteiger partial charge in [0, 0.05) is 25.1 Å². The first-order valence-electron chi connectivity index (χ1n) is 10.2. The summed E-state index contributed by atoms with van der Waals surface area (Å²) in [6.07, 6.45) is 4.58.